The maximum atomic E-state index is 3.20. The first kappa shape index (κ1) is 50.3. The summed E-state index contributed by atoms with van der Waals surface area (Å²) in [6.07, 6.45) is 49.8. The Kier molecular flexibility index (Phi) is 17.9. The molecular formula is C60H103NSi. The minimum absolute atomic E-state index is 0.184. The Bertz CT molecular complexity index is 1580. The average molecular weight is 867 g/mol. The molecule has 0 aliphatic heterocycles. The standard InChI is InChI=1S/C60H103NSi/c1-12-14-16-18-20-22-24-26-28-33-39-60(40-34-29-27-25-23-21-19-17-15-13-2)52-43-47-37-38-56(62(10,11)61(57(3,4)5)48-35-31-30-32-36-48)49(47)44-50(52)51-45-54-55(46-53(51)60)59(8,9)42-41-58(54,6)7/h43-49,56H,12-42H2,1-11H3. The lowest BCUT2D eigenvalue weighted by Gasteiger charge is -2.55. The molecular weight excluding hydrogens is 763 g/mol. The molecule has 1 nitrogen and oxygen atoms in total. The molecule has 0 bridgehead atoms. The van der Waals surface area contributed by atoms with Crippen LogP contribution in [0.25, 0.3) is 5.57 Å². The van der Waals surface area contributed by atoms with E-state index in [1.807, 2.05) is 5.57 Å². The van der Waals surface area contributed by atoms with Crippen molar-refractivity contribution < 1.29 is 0 Å². The molecule has 0 spiro atoms. The van der Waals surface area contributed by atoms with Gasteiger partial charge in [-0.3, -0.25) is 0 Å². The predicted molar refractivity (Wildman–Crippen MR) is 278 cm³/mol. The molecule has 1 aromatic carbocycles. The normalized spacial score (nSPS) is 24.1. The average Bonchev–Trinajstić information content (AvgIpc) is 3.76. The Balaban J connectivity index is 1.33. The maximum Gasteiger partial charge on any atom is 0.126 e. The number of fused-ring (bicyclic) bond motifs is 5. The lowest BCUT2D eigenvalue weighted by Crippen LogP contribution is -2.64. The van der Waals surface area contributed by atoms with Gasteiger partial charge in [-0.25, -0.2) is 0 Å². The van der Waals surface area contributed by atoms with Gasteiger partial charge in [-0.2, -0.15) is 0 Å². The quantitative estimate of drug-likeness (QED) is 0.0699. The van der Waals surface area contributed by atoms with Gasteiger partial charge in [-0.1, -0.05) is 233 Å². The van der Waals surface area contributed by atoms with Crippen molar-refractivity contribution in [3.8, 4) is 0 Å². The molecule has 0 radical (unpaired) electrons. The number of rotatable bonds is 25. The molecule has 0 amide bonds. The highest BCUT2D eigenvalue weighted by Gasteiger charge is 2.55. The summed E-state index contributed by atoms with van der Waals surface area (Å²) in [6, 6.07) is 6.50. The van der Waals surface area contributed by atoms with Gasteiger partial charge in [0.05, 0.1) is 0 Å². The van der Waals surface area contributed by atoms with E-state index in [0.717, 1.165) is 17.5 Å². The zero-order valence-corrected chi connectivity index (χ0v) is 44.5. The minimum Gasteiger partial charge on any atom is -0.316 e. The van der Waals surface area contributed by atoms with Crippen molar-refractivity contribution in [2.75, 3.05) is 0 Å². The van der Waals surface area contributed by atoms with Crippen LogP contribution in [0.4, 0.5) is 0 Å². The van der Waals surface area contributed by atoms with Crippen LogP contribution >= 0.6 is 0 Å². The summed E-state index contributed by atoms with van der Waals surface area (Å²) >= 11 is 0. The first-order valence-electron chi connectivity index (χ1n) is 28.0. The summed E-state index contributed by atoms with van der Waals surface area (Å²) in [6.45, 7) is 28.3. The highest BCUT2D eigenvalue weighted by molar-refractivity contribution is 6.76. The van der Waals surface area contributed by atoms with Crippen molar-refractivity contribution in [1.82, 2.24) is 4.57 Å². The number of hydrogen-bond acceptors (Lipinski definition) is 1. The van der Waals surface area contributed by atoms with Gasteiger partial charge in [0.15, 0.2) is 0 Å². The second-order valence-corrected chi connectivity index (χ2v) is 29.8. The second-order valence-electron chi connectivity index (χ2n) is 25.2. The van der Waals surface area contributed by atoms with E-state index in [1.165, 1.54) is 199 Å². The number of unbranched alkanes of at least 4 members (excludes halogenated alkanes) is 18. The molecule has 6 rings (SSSR count). The van der Waals surface area contributed by atoms with Crippen LogP contribution in [-0.4, -0.2) is 24.4 Å². The van der Waals surface area contributed by atoms with Gasteiger partial charge >= 0.3 is 0 Å². The smallest absolute Gasteiger partial charge is 0.126 e. The molecule has 1 aromatic rings. The molecule has 2 saturated carbocycles. The summed E-state index contributed by atoms with van der Waals surface area (Å²) in [5.74, 6) is 1.41. The van der Waals surface area contributed by atoms with E-state index >= 15 is 0 Å². The molecule has 0 heterocycles. The van der Waals surface area contributed by atoms with Gasteiger partial charge in [-0.15, -0.1) is 0 Å². The molecule has 5 aliphatic rings. The summed E-state index contributed by atoms with van der Waals surface area (Å²) in [5, 5.41) is 0. The number of benzene rings is 1. The number of nitrogens with zero attached hydrogens (tertiary/aromatic N) is 1. The zero-order chi connectivity index (χ0) is 44.6. The van der Waals surface area contributed by atoms with E-state index in [1.54, 1.807) is 27.8 Å². The highest BCUT2D eigenvalue weighted by Crippen LogP contribution is 2.63. The predicted octanol–water partition coefficient (Wildman–Crippen LogP) is 19.3. The van der Waals surface area contributed by atoms with E-state index in [0.29, 0.717) is 5.92 Å². The third kappa shape index (κ3) is 11.5. The van der Waals surface area contributed by atoms with Crippen molar-refractivity contribution >= 4 is 13.8 Å². The topological polar surface area (TPSA) is 3.24 Å². The van der Waals surface area contributed by atoms with Gasteiger partial charge in [-0.05, 0) is 127 Å². The van der Waals surface area contributed by atoms with E-state index < -0.39 is 8.24 Å². The third-order valence-electron chi connectivity index (χ3n) is 18.2. The Morgan fingerprint density at radius 2 is 1.03 bits per heavy atom. The van der Waals surface area contributed by atoms with Crippen LogP contribution in [0.3, 0.4) is 0 Å². The van der Waals surface area contributed by atoms with Crippen LogP contribution in [0, 0.1) is 11.8 Å². The van der Waals surface area contributed by atoms with Crippen molar-refractivity contribution in [3.63, 3.8) is 0 Å². The van der Waals surface area contributed by atoms with Crippen molar-refractivity contribution in [2.45, 2.75) is 308 Å². The molecule has 2 fully saturated rings. The fourth-order valence-electron chi connectivity index (χ4n) is 14.8. The monoisotopic (exact) mass is 866 g/mol. The van der Waals surface area contributed by atoms with E-state index in [4.69, 9.17) is 0 Å². The zero-order valence-electron chi connectivity index (χ0n) is 43.5. The van der Waals surface area contributed by atoms with Crippen LogP contribution in [0.15, 0.2) is 29.9 Å². The lowest BCUT2D eigenvalue weighted by atomic mass is 9.61. The lowest BCUT2D eigenvalue weighted by molar-refractivity contribution is 0.140. The van der Waals surface area contributed by atoms with E-state index in [2.05, 4.69) is 104 Å². The largest absolute Gasteiger partial charge is 0.316 e. The van der Waals surface area contributed by atoms with Gasteiger partial charge in [0.1, 0.15) is 8.24 Å². The summed E-state index contributed by atoms with van der Waals surface area (Å²) in [5.41, 5.74) is 12.1. The van der Waals surface area contributed by atoms with Crippen LogP contribution in [-0.2, 0) is 16.2 Å². The fourth-order valence-corrected chi connectivity index (χ4v) is 20.3. The van der Waals surface area contributed by atoms with Crippen molar-refractivity contribution in [3.05, 3.63) is 52.1 Å². The van der Waals surface area contributed by atoms with E-state index in [-0.39, 0.29) is 21.8 Å². The molecule has 5 aliphatic carbocycles. The Labute approximate surface area is 388 Å². The first-order valence-corrected chi connectivity index (χ1v) is 31.0. The van der Waals surface area contributed by atoms with Crippen LogP contribution in [0.1, 0.15) is 284 Å². The Morgan fingerprint density at radius 1 is 0.565 bits per heavy atom. The van der Waals surface area contributed by atoms with Gasteiger partial charge in [0.2, 0.25) is 0 Å². The second kappa shape index (κ2) is 22.1. The van der Waals surface area contributed by atoms with Crippen molar-refractivity contribution in [2.24, 2.45) is 11.8 Å². The van der Waals surface area contributed by atoms with Crippen LogP contribution in [0.5, 0.6) is 0 Å². The Hall–Kier alpha value is -1.12. The minimum atomic E-state index is -1.80. The molecule has 352 valence electrons. The molecule has 3 unspecified atom stereocenters. The number of allylic oxidation sites excluding steroid dienone is 4. The van der Waals surface area contributed by atoms with Crippen LogP contribution < -0.4 is 0 Å². The van der Waals surface area contributed by atoms with Crippen molar-refractivity contribution in [1.29, 1.82) is 0 Å². The van der Waals surface area contributed by atoms with Gasteiger partial charge in [0.25, 0.3) is 0 Å². The fraction of sp³-hybridized carbons (Fsp3) is 0.833. The molecule has 0 saturated heterocycles. The highest BCUT2D eigenvalue weighted by atomic mass is 28.3. The molecule has 62 heavy (non-hydrogen) atoms. The SMILES string of the molecule is CCCCCCCCCCCCC1(CCCCCCCCCCCC)C2=CC3CCC([Si](C)(C)N(C4CCCCC4)C(C)(C)C)C3C=C2c2cc3c(cc21)C(C)(C)CCC3(C)C. The maximum absolute atomic E-state index is 3.20. The molecule has 3 atom stereocenters. The molecule has 0 aromatic heterocycles. The Morgan fingerprint density at radius 3 is 1.52 bits per heavy atom. The summed E-state index contributed by atoms with van der Waals surface area (Å²) in [4.78, 5) is 0. The summed E-state index contributed by atoms with van der Waals surface area (Å²) in [7, 11) is -1.80. The van der Waals surface area contributed by atoms with E-state index in [9.17, 15) is 0 Å². The van der Waals surface area contributed by atoms with Gasteiger partial charge in [0, 0.05) is 17.0 Å². The first-order chi connectivity index (χ1) is 29.6. The molecule has 2 heteroatoms. The molecule has 0 N–H and O–H groups in total. The number of hydrogen-bond donors (Lipinski definition) is 0. The third-order valence-corrected chi connectivity index (χ3v) is 23.0. The van der Waals surface area contributed by atoms with Gasteiger partial charge < -0.3 is 4.57 Å². The summed E-state index contributed by atoms with van der Waals surface area (Å²) < 4.78 is 3.20. The van der Waals surface area contributed by atoms with Crippen LogP contribution in [0.2, 0.25) is 18.6 Å².